The fraction of sp³-hybridized carbons (Fsp3) is 0.632. The summed E-state index contributed by atoms with van der Waals surface area (Å²) in [5.41, 5.74) is 0. The fourth-order valence-corrected chi connectivity index (χ4v) is 3.02. The molecule has 0 heterocycles. The van der Waals surface area contributed by atoms with Crippen LogP contribution in [-0.2, 0) is 9.53 Å². The van der Waals surface area contributed by atoms with Gasteiger partial charge in [-0.3, -0.25) is 4.79 Å². The predicted octanol–water partition coefficient (Wildman–Crippen LogP) is 5.31. The second-order valence-electron chi connectivity index (χ2n) is 6.84. The predicted molar refractivity (Wildman–Crippen MR) is 90.5 cm³/mol. The van der Waals surface area contributed by atoms with E-state index >= 15 is 0 Å². The summed E-state index contributed by atoms with van der Waals surface area (Å²) in [5.74, 6) is -1.05. The van der Waals surface area contributed by atoms with Crippen molar-refractivity contribution in [1.82, 2.24) is 0 Å². The normalized spacial score (nSPS) is 21.5. The summed E-state index contributed by atoms with van der Waals surface area (Å²) < 4.78 is 90.1. The third-order valence-corrected chi connectivity index (χ3v) is 4.62. The van der Waals surface area contributed by atoms with Gasteiger partial charge in [0.05, 0.1) is 5.92 Å². The molecule has 4 nitrogen and oxygen atoms in total. The van der Waals surface area contributed by atoms with Gasteiger partial charge in [0.1, 0.15) is 11.5 Å². The van der Waals surface area contributed by atoms with Crippen LogP contribution in [0.15, 0.2) is 24.3 Å². The van der Waals surface area contributed by atoms with Crippen LogP contribution in [0.25, 0.3) is 0 Å². The maximum Gasteiger partial charge on any atom is 0.439 e. The van der Waals surface area contributed by atoms with Crippen LogP contribution in [0.1, 0.15) is 32.6 Å². The van der Waals surface area contributed by atoms with Gasteiger partial charge < -0.3 is 14.2 Å². The quantitative estimate of drug-likeness (QED) is 0.320. The van der Waals surface area contributed by atoms with Crippen LogP contribution in [0.5, 0.6) is 11.5 Å². The monoisotopic (exact) mass is 428 g/mol. The molecule has 1 atom stereocenters. The van der Waals surface area contributed by atoms with E-state index in [1.165, 1.54) is 0 Å². The van der Waals surface area contributed by atoms with Gasteiger partial charge in [-0.25, -0.2) is 4.39 Å². The lowest BCUT2D eigenvalue weighted by molar-refractivity contribution is -0.305. The zero-order valence-electron chi connectivity index (χ0n) is 15.7. The first kappa shape index (κ1) is 23.3. The molecule has 2 rings (SSSR count). The number of hydrogen-bond donors (Lipinski definition) is 0. The van der Waals surface area contributed by atoms with E-state index < -0.39 is 30.2 Å². The number of hydrogen-bond acceptors (Lipinski definition) is 4. The molecule has 164 valence electrons. The summed E-state index contributed by atoms with van der Waals surface area (Å²) in [5, 5.41) is 0. The smallest absolute Gasteiger partial charge is 0.430 e. The first-order chi connectivity index (χ1) is 13.5. The lowest BCUT2D eigenvalue weighted by atomic mass is 9.82. The molecule has 0 spiro atoms. The summed E-state index contributed by atoms with van der Waals surface area (Å²) in [6.07, 6.45) is -12.4. The molecule has 0 bridgehead atoms. The Labute approximate surface area is 164 Å². The molecule has 0 radical (unpaired) electrons. The Morgan fingerprint density at radius 1 is 1.03 bits per heavy atom. The van der Waals surface area contributed by atoms with Crippen molar-refractivity contribution in [3.05, 3.63) is 24.3 Å². The zero-order valence-corrected chi connectivity index (χ0v) is 15.7. The van der Waals surface area contributed by atoms with E-state index in [-0.39, 0.29) is 11.7 Å². The molecule has 1 aromatic rings. The molecular weight excluding hydrogens is 406 g/mol. The van der Waals surface area contributed by atoms with Gasteiger partial charge in [-0.05, 0) is 62.8 Å². The second kappa shape index (κ2) is 9.69. The molecule has 1 fully saturated rings. The lowest BCUT2D eigenvalue weighted by Gasteiger charge is -2.27. The van der Waals surface area contributed by atoms with Crippen molar-refractivity contribution in [2.24, 2.45) is 11.8 Å². The Morgan fingerprint density at radius 2 is 1.59 bits per heavy atom. The Morgan fingerprint density at radius 3 is 2.10 bits per heavy atom. The summed E-state index contributed by atoms with van der Waals surface area (Å²) in [6.45, 7) is 3.20. The van der Waals surface area contributed by atoms with Crippen molar-refractivity contribution in [3.63, 3.8) is 0 Å². The largest absolute Gasteiger partial charge is 0.439 e. The molecule has 29 heavy (non-hydrogen) atoms. The average Bonchev–Trinajstić information content (AvgIpc) is 2.66. The van der Waals surface area contributed by atoms with Crippen LogP contribution in [0.3, 0.4) is 0 Å². The number of rotatable bonds is 8. The van der Waals surface area contributed by atoms with Gasteiger partial charge in [0.15, 0.2) is 0 Å². The van der Waals surface area contributed by atoms with E-state index in [1.807, 2.05) is 6.92 Å². The van der Waals surface area contributed by atoms with E-state index in [9.17, 15) is 31.1 Å². The van der Waals surface area contributed by atoms with Gasteiger partial charge in [0.2, 0.25) is 0 Å². The highest BCUT2D eigenvalue weighted by atomic mass is 19.4. The topological polar surface area (TPSA) is 44.8 Å². The van der Waals surface area contributed by atoms with Crippen LogP contribution in [0.4, 0.5) is 26.3 Å². The van der Waals surface area contributed by atoms with Crippen LogP contribution in [-0.4, -0.2) is 37.6 Å². The van der Waals surface area contributed by atoms with E-state index in [1.54, 1.807) is 0 Å². The Balaban J connectivity index is 1.87. The molecule has 1 unspecified atom stereocenters. The van der Waals surface area contributed by atoms with Crippen molar-refractivity contribution in [2.45, 2.75) is 51.1 Å². The van der Waals surface area contributed by atoms with Gasteiger partial charge in [-0.2, -0.15) is 22.0 Å². The summed E-state index contributed by atoms with van der Waals surface area (Å²) in [6, 6.07) is 3.92. The van der Waals surface area contributed by atoms with Gasteiger partial charge in [-0.1, -0.05) is 0 Å². The van der Waals surface area contributed by atoms with E-state index in [4.69, 9.17) is 9.47 Å². The van der Waals surface area contributed by atoms with Crippen LogP contribution >= 0.6 is 0 Å². The third-order valence-electron chi connectivity index (χ3n) is 4.62. The number of carbonyl (C=O) groups is 1. The summed E-state index contributed by atoms with van der Waals surface area (Å²) in [7, 11) is 0. The minimum Gasteiger partial charge on any atom is -0.430 e. The number of carbonyl (C=O) groups excluding carboxylic acids is 1. The van der Waals surface area contributed by atoms with Gasteiger partial charge in [0, 0.05) is 13.2 Å². The minimum atomic E-state index is -5.76. The molecule has 0 amide bonds. The molecule has 1 saturated carbocycles. The molecule has 1 aliphatic rings. The fourth-order valence-electron chi connectivity index (χ4n) is 3.02. The number of alkyl halides is 6. The number of benzene rings is 1. The number of halogens is 6. The van der Waals surface area contributed by atoms with Crippen LogP contribution in [0, 0.1) is 11.8 Å². The highest BCUT2D eigenvalue weighted by molar-refractivity contribution is 5.75. The lowest BCUT2D eigenvalue weighted by Crippen LogP contribution is -2.45. The van der Waals surface area contributed by atoms with Gasteiger partial charge in [0.25, 0.3) is 6.17 Å². The molecule has 0 saturated heterocycles. The zero-order chi connectivity index (χ0) is 21.7. The summed E-state index contributed by atoms with van der Waals surface area (Å²) >= 11 is 0. The maximum absolute atomic E-state index is 13.3. The molecule has 0 aliphatic heterocycles. The van der Waals surface area contributed by atoms with Gasteiger partial charge in [-0.15, -0.1) is 0 Å². The number of esters is 1. The van der Waals surface area contributed by atoms with Crippen LogP contribution < -0.4 is 9.47 Å². The van der Waals surface area contributed by atoms with Crippen LogP contribution in [0.2, 0.25) is 0 Å². The first-order valence-corrected chi connectivity index (χ1v) is 9.20. The average molecular weight is 428 g/mol. The second-order valence-corrected chi connectivity index (χ2v) is 6.84. The van der Waals surface area contributed by atoms with E-state index in [0.717, 1.165) is 37.1 Å². The van der Waals surface area contributed by atoms with Crippen molar-refractivity contribution < 1.29 is 45.3 Å². The molecule has 0 aromatic heterocycles. The summed E-state index contributed by atoms with van der Waals surface area (Å²) in [4.78, 5) is 12.2. The van der Waals surface area contributed by atoms with Crippen molar-refractivity contribution in [2.75, 3.05) is 13.2 Å². The van der Waals surface area contributed by atoms with Gasteiger partial charge >= 0.3 is 18.3 Å². The Bertz CT molecular complexity index is 654. The van der Waals surface area contributed by atoms with Crippen molar-refractivity contribution in [1.29, 1.82) is 0 Å². The molecule has 1 aliphatic carbocycles. The Kier molecular flexibility index (Phi) is 7.79. The van der Waals surface area contributed by atoms with Crippen molar-refractivity contribution in [3.8, 4) is 11.5 Å². The highest BCUT2D eigenvalue weighted by Crippen LogP contribution is 2.37. The highest BCUT2D eigenvalue weighted by Gasteiger charge is 2.59. The first-order valence-electron chi connectivity index (χ1n) is 9.20. The third kappa shape index (κ3) is 6.80. The maximum atomic E-state index is 13.3. The SMILES string of the molecule is CCOCC1CCC(C(=O)Oc2ccc(OC(F)(F)C(F)C(F)(F)F)cc2)CC1. The van der Waals surface area contributed by atoms with E-state index in [0.29, 0.717) is 32.0 Å². The van der Waals surface area contributed by atoms with E-state index in [2.05, 4.69) is 4.74 Å². The molecule has 1 aromatic carbocycles. The number of ether oxygens (including phenoxy) is 3. The molecule has 0 N–H and O–H groups in total. The molecular formula is C19H22F6O4. The van der Waals surface area contributed by atoms with Crippen molar-refractivity contribution >= 4 is 5.97 Å². The standard InChI is InChI=1S/C19H22F6O4/c1-2-27-11-12-3-5-13(6-4-12)16(26)28-14-7-9-15(10-8-14)29-19(24,25)17(20)18(21,22)23/h7-10,12-13,17H,2-6,11H2,1H3. The molecule has 10 heteroatoms. The Hall–Kier alpha value is -1.97. The minimum absolute atomic E-state index is 0.0229.